The summed E-state index contributed by atoms with van der Waals surface area (Å²) in [6.07, 6.45) is 0. The van der Waals surface area contributed by atoms with Crippen LogP contribution in [0.4, 0.5) is 0 Å². The molecule has 0 spiro atoms. The van der Waals surface area contributed by atoms with Crippen molar-refractivity contribution in [2.75, 3.05) is 13.3 Å². The molecule has 300 valence electrons. The Morgan fingerprint density at radius 1 is 0.370 bits per heavy atom. The topological polar surface area (TPSA) is 105 Å². The molecule has 54 heavy (non-hydrogen) atoms. The molecule has 20 heteroatoms. The van der Waals surface area contributed by atoms with Crippen LogP contribution in [-0.2, 0) is 37.6 Å². The van der Waals surface area contributed by atoms with E-state index in [1.807, 2.05) is 48.5 Å². The van der Waals surface area contributed by atoms with E-state index in [1.54, 1.807) is 48.5 Å². The molecule has 0 aliphatic heterocycles. The first-order chi connectivity index (χ1) is 24.9. The number of carbonyl (C=O) groups excluding carboxylic acids is 4. The third kappa shape index (κ3) is 25.3. The molecule has 4 aromatic carbocycles. The number of esters is 4. The van der Waals surface area contributed by atoms with Gasteiger partial charge >= 0.3 is 123 Å². The van der Waals surface area contributed by atoms with E-state index in [1.165, 1.54) is 48.9 Å². The average Bonchev–Trinajstić information content (AvgIpc) is 3.03. The second-order valence-electron chi connectivity index (χ2n) is 10.4. The van der Waals surface area contributed by atoms with E-state index in [0.29, 0.717) is 23.0 Å². The third-order valence-electron chi connectivity index (χ3n) is 6.20. The van der Waals surface area contributed by atoms with E-state index in [4.69, 9.17) is 99.7 Å². The number of hydrogen-bond donors (Lipinski definition) is 0. The second-order valence-corrected chi connectivity index (χ2v) is 38.6. The summed E-state index contributed by atoms with van der Waals surface area (Å²) in [6.45, 7) is 9.90. The van der Waals surface area contributed by atoms with Crippen LogP contribution in [0.15, 0.2) is 97.1 Å². The maximum atomic E-state index is 10.9. The minimum atomic E-state index is -2.74. The minimum absolute atomic E-state index is 0.323. The van der Waals surface area contributed by atoms with Crippen LogP contribution in [0.25, 0.3) is 0 Å². The number of hydrogen-bond acceptors (Lipinski definition) is 8. The Balaban J connectivity index is 0.000000432. The Labute approximate surface area is 356 Å². The van der Waals surface area contributed by atoms with Crippen molar-refractivity contribution in [1.29, 1.82) is 0 Å². The van der Waals surface area contributed by atoms with E-state index in [2.05, 4.69) is 13.3 Å². The van der Waals surface area contributed by atoms with Gasteiger partial charge in [-0.2, -0.15) is 0 Å². The van der Waals surface area contributed by atoms with Gasteiger partial charge in [-0.15, -0.1) is 0 Å². The van der Waals surface area contributed by atoms with Crippen molar-refractivity contribution >= 4 is 142 Å². The number of halogens is 8. The molecule has 0 atom stereocenters. The molecule has 0 radical (unpaired) electrons. The molecule has 4 rings (SSSR count). The van der Waals surface area contributed by atoms with Crippen molar-refractivity contribution in [3.05, 3.63) is 97.1 Å². The maximum absolute atomic E-state index is 10.9. The van der Waals surface area contributed by atoms with Gasteiger partial charge in [-0.3, -0.25) is 19.2 Å². The van der Waals surface area contributed by atoms with Crippen molar-refractivity contribution in [3.8, 4) is 23.0 Å². The number of benzene rings is 4. The predicted molar refractivity (Wildman–Crippen MR) is 225 cm³/mol. The Kier molecular flexibility index (Phi) is 24.0. The molecule has 0 saturated carbocycles. The molecule has 0 N–H and O–H groups in total. The van der Waals surface area contributed by atoms with E-state index in [0.717, 1.165) is 0 Å². The fourth-order valence-corrected chi connectivity index (χ4v) is 7.42. The number of carbonyl (C=O) groups is 4. The van der Waals surface area contributed by atoms with Gasteiger partial charge in [0.05, 0.1) is 50.4 Å². The summed E-state index contributed by atoms with van der Waals surface area (Å²) in [4.78, 5) is 43.6. The Morgan fingerprint density at radius 2 is 0.500 bits per heavy atom. The molecule has 0 bridgehead atoms. The number of rotatable bonds is 8. The fourth-order valence-electron chi connectivity index (χ4n) is 4.09. The van der Waals surface area contributed by atoms with E-state index in [9.17, 15) is 19.2 Å². The van der Waals surface area contributed by atoms with Gasteiger partial charge in [-0.1, -0.05) is 0 Å². The number of ether oxygens (including phenoxy) is 4. The van der Waals surface area contributed by atoms with Gasteiger partial charge in [-0.25, -0.2) is 0 Å². The summed E-state index contributed by atoms with van der Waals surface area (Å²) in [6, 6.07) is 30.3. The summed E-state index contributed by atoms with van der Waals surface area (Å²) in [5, 5.41) is 4.84. The Morgan fingerprint density at radius 3 is 0.611 bits per heavy atom. The Hall–Kier alpha value is -1.02. The summed E-state index contributed by atoms with van der Waals surface area (Å²) in [5.41, 5.74) is 0. The predicted octanol–water partition coefficient (Wildman–Crippen LogP) is 10.2. The summed E-state index contributed by atoms with van der Waals surface area (Å²) in [7, 11) is 32.4. The van der Waals surface area contributed by atoms with Crippen molar-refractivity contribution < 1.29 is 56.5 Å². The van der Waals surface area contributed by atoms with Crippen molar-refractivity contribution in [1.82, 2.24) is 0 Å². The van der Waals surface area contributed by atoms with Gasteiger partial charge in [-0.05, 0) is 97.1 Å². The van der Waals surface area contributed by atoms with Crippen LogP contribution >= 0.6 is 96.6 Å². The molecular weight excluding hydrogens is 992 g/mol. The molecule has 0 saturated heterocycles. The van der Waals surface area contributed by atoms with Gasteiger partial charge in [0.1, 0.15) is 23.0 Å². The van der Waals surface area contributed by atoms with Gasteiger partial charge in [0.15, 0.2) is 0 Å². The summed E-state index contributed by atoms with van der Waals surface area (Å²) < 4.78 is 20.1. The van der Waals surface area contributed by atoms with Crippen LogP contribution < -0.4 is 40.2 Å². The van der Waals surface area contributed by atoms with Crippen molar-refractivity contribution in [3.63, 3.8) is 0 Å². The van der Waals surface area contributed by atoms with Crippen LogP contribution in [0, 0.1) is 0 Å². The van der Waals surface area contributed by atoms with Crippen molar-refractivity contribution in [2.24, 2.45) is 0 Å². The van der Waals surface area contributed by atoms with Gasteiger partial charge in [0.2, 0.25) is 0 Å². The second kappa shape index (κ2) is 25.4. The van der Waals surface area contributed by atoms with E-state index in [-0.39, 0.29) is 23.9 Å². The average molecular weight is 1030 g/mol. The summed E-state index contributed by atoms with van der Waals surface area (Å²) >= 11 is 0. The quantitative estimate of drug-likeness (QED) is 0.0744. The fraction of sp³-hybridized carbons (Fsp3) is 0.176. The first kappa shape index (κ1) is 51.0. The molecular formula is C34H36Cl8Mn2O8P2. The molecule has 0 aromatic heterocycles. The molecule has 0 aliphatic carbocycles. The van der Waals surface area contributed by atoms with Crippen LogP contribution in [-0.4, -0.2) is 37.2 Å². The molecule has 0 heterocycles. The van der Waals surface area contributed by atoms with Crippen molar-refractivity contribution in [2.45, 2.75) is 27.7 Å². The van der Waals surface area contributed by atoms with Crippen LogP contribution in [0.5, 0.6) is 23.0 Å². The van der Waals surface area contributed by atoms with E-state index >= 15 is 0 Å². The zero-order chi connectivity index (χ0) is 41.2. The standard InChI is InChI=1S/2C17H17O4P.8ClH.2Mn/c2*1-12(18)20-14-4-8-16(9-5-14)22(3)17-10-6-15(7-11-17)21-13(2)19;;;;;;;;;;/h2*4-11H,1-3H3;8*1H;;/q;;;;;;;;;;2*+3/p-6. The normalized spacial score (nSPS) is 11.3. The summed E-state index contributed by atoms with van der Waals surface area (Å²) in [5.74, 6) is 0.915. The molecule has 4 aromatic rings. The van der Waals surface area contributed by atoms with Gasteiger partial charge < -0.3 is 18.9 Å². The third-order valence-corrected chi connectivity index (χ3v) is 11.0. The monoisotopic (exact) mass is 1020 g/mol. The zero-order valence-electron chi connectivity index (χ0n) is 29.3. The molecule has 0 unspecified atom stereocenters. The molecule has 0 amide bonds. The molecule has 8 nitrogen and oxygen atoms in total. The first-order valence-electron chi connectivity index (χ1n) is 14.9. The van der Waals surface area contributed by atoms with Crippen LogP contribution in [0.3, 0.4) is 0 Å². The van der Waals surface area contributed by atoms with E-state index < -0.39 is 34.2 Å². The van der Waals surface area contributed by atoms with Crippen LogP contribution in [0.1, 0.15) is 27.7 Å². The van der Waals surface area contributed by atoms with Crippen LogP contribution in [0.2, 0.25) is 0 Å². The molecule has 0 aliphatic rings. The zero-order valence-corrected chi connectivity index (χ0v) is 39.7. The Bertz CT molecular complexity index is 1530. The van der Waals surface area contributed by atoms with Gasteiger partial charge in [0.25, 0.3) is 0 Å². The first-order valence-corrected chi connectivity index (χ1v) is 31.9. The molecule has 0 fully saturated rings. The SMILES string of the molecule is CC(=O)Oc1ccc([PH+](C)c2ccc(OC(C)=O)cc2)cc1.CC(=O)Oc1ccc([PH+](C)c2ccc(OC(C)=O)cc2)cc1.[Cl][Mn-]([Cl])([Cl])[Cl].[Cl][Mn-]([Cl])([Cl])[Cl]. The van der Waals surface area contributed by atoms with Gasteiger partial charge in [0, 0.05) is 27.7 Å².